The summed E-state index contributed by atoms with van der Waals surface area (Å²) < 4.78 is 5.75. The van der Waals surface area contributed by atoms with Gasteiger partial charge in [-0.2, -0.15) is 0 Å². The minimum absolute atomic E-state index is 0.376. The monoisotopic (exact) mass is 243 g/mol. The van der Waals surface area contributed by atoms with Crippen LogP contribution in [0.3, 0.4) is 0 Å². The van der Waals surface area contributed by atoms with Gasteiger partial charge in [-0.3, -0.25) is 0 Å². The Bertz CT molecular complexity index is 500. The van der Waals surface area contributed by atoms with Gasteiger partial charge in [0.25, 0.3) is 0 Å². The number of aryl methyl sites for hydroxylation is 1. The van der Waals surface area contributed by atoms with Crippen molar-refractivity contribution in [3.05, 3.63) is 53.6 Å². The second-order valence-corrected chi connectivity index (χ2v) is 4.10. The number of rotatable bonds is 5. The molecule has 4 nitrogen and oxygen atoms in total. The summed E-state index contributed by atoms with van der Waals surface area (Å²) in [6, 6.07) is 7.90. The highest BCUT2D eigenvalue weighted by Gasteiger charge is 2.04. The smallest absolute Gasteiger partial charge is 0.166 e. The van der Waals surface area contributed by atoms with Gasteiger partial charge in [-0.25, -0.2) is 9.97 Å². The van der Waals surface area contributed by atoms with Crippen LogP contribution in [-0.4, -0.2) is 16.5 Å². The fourth-order valence-corrected chi connectivity index (χ4v) is 1.75. The molecule has 0 unspecified atom stereocenters. The lowest BCUT2D eigenvalue weighted by Crippen LogP contribution is -2.07. The molecule has 0 bridgehead atoms. The first-order valence-corrected chi connectivity index (χ1v) is 5.98. The number of hydrogen-bond acceptors (Lipinski definition) is 4. The van der Waals surface area contributed by atoms with Crippen molar-refractivity contribution in [2.24, 2.45) is 5.73 Å². The Hall–Kier alpha value is -1.94. The van der Waals surface area contributed by atoms with Gasteiger partial charge in [-0.15, -0.1) is 0 Å². The highest BCUT2D eigenvalue weighted by atomic mass is 16.5. The van der Waals surface area contributed by atoms with Crippen LogP contribution < -0.4 is 10.5 Å². The van der Waals surface area contributed by atoms with Gasteiger partial charge in [0.05, 0.1) is 0 Å². The number of hydrogen-bond donors (Lipinski definition) is 1. The molecule has 1 aromatic carbocycles. The number of benzene rings is 1. The number of aromatic nitrogens is 2. The van der Waals surface area contributed by atoms with Crippen LogP contribution in [-0.2, 0) is 13.0 Å². The summed E-state index contributed by atoms with van der Waals surface area (Å²) in [6.07, 6.45) is 4.23. The Labute approximate surface area is 107 Å². The van der Waals surface area contributed by atoms with E-state index in [1.54, 1.807) is 18.5 Å². The van der Waals surface area contributed by atoms with Crippen LogP contribution in [0.5, 0.6) is 5.75 Å². The molecule has 2 aromatic rings. The summed E-state index contributed by atoms with van der Waals surface area (Å²) in [7, 11) is 0. The van der Waals surface area contributed by atoms with Gasteiger partial charge in [-0.1, -0.05) is 17.7 Å². The van der Waals surface area contributed by atoms with Gasteiger partial charge in [0, 0.05) is 12.4 Å². The van der Waals surface area contributed by atoms with Crippen LogP contribution in [0.25, 0.3) is 0 Å². The van der Waals surface area contributed by atoms with E-state index in [-0.39, 0.29) is 0 Å². The summed E-state index contributed by atoms with van der Waals surface area (Å²) >= 11 is 0. The largest absolute Gasteiger partial charge is 0.485 e. The first-order valence-electron chi connectivity index (χ1n) is 5.98. The molecule has 0 spiro atoms. The van der Waals surface area contributed by atoms with Crippen molar-refractivity contribution >= 4 is 0 Å². The molecule has 2 rings (SSSR count). The third kappa shape index (κ3) is 3.28. The highest BCUT2D eigenvalue weighted by Crippen LogP contribution is 2.21. The molecule has 2 N–H and O–H groups in total. The molecule has 0 atom stereocenters. The van der Waals surface area contributed by atoms with Crippen molar-refractivity contribution in [1.29, 1.82) is 0 Å². The average molecular weight is 243 g/mol. The molecular weight excluding hydrogens is 226 g/mol. The minimum atomic E-state index is 0.376. The topological polar surface area (TPSA) is 61.0 Å². The van der Waals surface area contributed by atoms with Crippen LogP contribution >= 0.6 is 0 Å². The molecular formula is C14H17N3O. The Balaban J connectivity index is 2.09. The summed E-state index contributed by atoms with van der Waals surface area (Å²) in [5.74, 6) is 1.54. The zero-order chi connectivity index (χ0) is 12.8. The van der Waals surface area contributed by atoms with Crippen LogP contribution in [0.2, 0.25) is 0 Å². The number of ether oxygens (including phenoxy) is 1. The molecule has 18 heavy (non-hydrogen) atoms. The first-order chi connectivity index (χ1) is 8.79. The van der Waals surface area contributed by atoms with E-state index in [0.717, 1.165) is 17.7 Å². The molecule has 0 aliphatic heterocycles. The molecule has 0 amide bonds. The first kappa shape index (κ1) is 12.5. The molecule has 0 fully saturated rings. The summed E-state index contributed by atoms with van der Waals surface area (Å²) in [5, 5.41) is 0. The fourth-order valence-electron chi connectivity index (χ4n) is 1.75. The van der Waals surface area contributed by atoms with Crippen LogP contribution in [0, 0.1) is 6.92 Å². The standard InChI is InChI=1S/C14H17N3O/c1-11-3-4-13(12(9-11)5-6-15)18-10-14-16-7-2-8-17-14/h2-4,7-9H,5-6,10,15H2,1H3. The van der Waals surface area contributed by atoms with Crippen molar-refractivity contribution in [2.45, 2.75) is 20.0 Å². The molecule has 0 aliphatic carbocycles. The van der Waals surface area contributed by atoms with Gasteiger partial charge in [0.15, 0.2) is 5.82 Å². The third-order valence-corrected chi connectivity index (χ3v) is 2.61. The van der Waals surface area contributed by atoms with Gasteiger partial charge in [0.2, 0.25) is 0 Å². The maximum Gasteiger partial charge on any atom is 0.166 e. The van der Waals surface area contributed by atoms with E-state index in [0.29, 0.717) is 19.0 Å². The summed E-state index contributed by atoms with van der Waals surface area (Å²) in [5.41, 5.74) is 7.95. The maximum absolute atomic E-state index is 5.75. The quantitative estimate of drug-likeness (QED) is 0.870. The Morgan fingerprint density at radius 2 is 2.00 bits per heavy atom. The second kappa shape index (κ2) is 6.12. The second-order valence-electron chi connectivity index (χ2n) is 4.10. The molecule has 0 aliphatic rings. The Morgan fingerprint density at radius 3 is 2.72 bits per heavy atom. The maximum atomic E-state index is 5.75. The lowest BCUT2D eigenvalue weighted by Gasteiger charge is -2.11. The van der Waals surface area contributed by atoms with E-state index in [1.807, 2.05) is 12.1 Å². The van der Waals surface area contributed by atoms with Gasteiger partial charge >= 0.3 is 0 Å². The van der Waals surface area contributed by atoms with Crippen molar-refractivity contribution < 1.29 is 4.74 Å². The van der Waals surface area contributed by atoms with Crippen molar-refractivity contribution in [3.8, 4) is 5.75 Å². The van der Waals surface area contributed by atoms with Crippen LogP contribution in [0.4, 0.5) is 0 Å². The van der Waals surface area contributed by atoms with E-state index < -0.39 is 0 Å². The highest BCUT2D eigenvalue weighted by molar-refractivity contribution is 5.37. The molecule has 0 saturated heterocycles. The zero-order valence-electron chi connectivity index (χ0n) is 10.5. The zero-order valence-corrected chi connectivity index (χ0v) is 10.5. The lowest BCUT2D eigenvalue weighted by atomic mass is 10.1. The third-order valence-electron chi connectivity index (χ3n) is 2.61. The predicted molar refractivity (Wildman–Crippen MR) is 70.3 cm³/mol. The van der Waals surface area contributed by atoms with Crippen molar-refractivity contribution in [2.75, 3.05) is 6.54 Å². The lowest BCUT2D eigenvalue weighted by molar-refractivity contribution is 0.292. The molecule has 0 saturated carbocycles. The molecule has 94 valence electrons. The molecule has 1 heterocycles. The normalized spacial score (nSPS) is 10.3. The predicted octanol–water partition coefficient (Wildman–Crippen LogP) is 1.87. The van der Waals surface area contributed by atoms with E-state index >= 15 is 0 Å². The van der Waals surface area contributed by atoms with Gasteiger partial charge in [-0.05, 0) is 37.6 Å². The number of nitrogens with zero attached hydrogens (tertiary/aromatic N) is 2. The molecule has 4 heteroatoms. The fraction of sp³-hybridized carbons (Fsp3) is 0.286. The van der Waals surface area contributed by atoms with E-state index in [1.165, 1.54) is 5.56 Å². The van der Waals surface area contributed by atoms with E-state index in [9.17, 15) is 0 Å². The summed E-state index contributed by atoms with van der Waals surface area (Å²) in [4.78, 5) is 8.25. The summed E-state index contributed by atoms with van der Waals surface area (Å²) in [6.45, 7) is 3.05. The number of nitrogens with two attached hydrogens (primary N) is 1. The van der Waals surface area contributed by atoms with Crippen molar-refractivity contribution in [1.82, 2.24) is 9.97 Å². The van der Waals surface area contributed by atoms with E-state index in [2.05, 4.69) is 23.0 Å². The Morgan fingerprint density at radius 1 is 1.22 bits per heavy atom. The van der Waals surface area contributed by atoms with Crippen LogP contribution in [0.15, 0.2) is 36.7 Å². The van der Waals surface area contributed by atoms with Crippen molar-refractivity contribution in [3.63, 3.8) is 0 Å². The van der Waals surface area contributed by atoms with Gasteiger partial charge < -0.3 is 10.5 Å². The molecule has 0 radical (unpaired) electrons. The van der Waals surface area contributed by atoms with Crippen LogP contribution in [0.1, 0.15) is 17.0 Å². The average Bonchev–Trinajstić information content (AvgIpc) is 2.39. The molecule has 1 aromatic heterocycles. The van der Waals surface area contributed by atoms with Gasteiger partial charge in [0.1, 0.15) is 12.4 Å². The Kier molecular flexibility index (Phi) is 4.25. The minimum Gasteiger partial charge on any atom is -0.485 e. The SMILES string of the molecule is Cc1ccc(OCc2ncccn2)c(CCN)c1. The van der Waals surface area contributed by atoms with E-state index in [4.69, 9.17) is 10.5 Å².